The molecule has 0 saturated carbocycles. The van der Waals surface area contributed by atoms with E-state index < -0.39 is 5.41 Å². The van der Waals surface area contributed by atoms with E-state index in [1.165, 1.54) is 17.1 Å². The molecule has 3 aromatic heterocycles. The van der Waals surface area contributed by atoms with Crippen LogP contribution in [0.4, 0.5) is 5.69 Å². The van der Waals surface area contributed by atoms with Gasteiger partial charge in [0.2, 0.25) is 0 Å². The summed E-state index contributed by atoms with van der Waals surface area (Å²) in [5.74, 6) is 0.107. The van der Waals surface area contributed by atoms with Crippen LogP contribution in [0.5, 0.6) is 0 Å². The van der Waals surface area contributed by atoms with Gasteiger partial charge in [0.05, 0.1) is 29.1 Å². The fourth-order valence-corrected chi connectivity index (χ4v) is 2.20. The van der Waals surface area contributed by atoms with Crippen molar-refractivity contribution in [3.05, 3.63) is 60.8 Å². The van der Waals surface area contributed by atoms with Crippen molar-refractivity contribution in [3.63, 3.8) is 0 Å². The normalized spacial score (nSPS) is 11.2. The largest absolute Gasteiger partial charge is 0.442 e. The summed E-state index contributed by atoms with van der Waals surface area (Å²) in [6, 6.07) is 7.27. The van der Waals surface area contributed by atoms with Crippen LogP contribution in [0.3, 0.4) is 0 Å². The van der Waals surface area contributed by atoms with Gasteiger partial charge in [-0.2, -0.15) is 5.10 Å². The molecule has 3 heterocycles. The molecule has 3 aromatic rings. The Kier molecular flexibility index (Phi) is 5.07. The summed E-state index contributed by atoms with van der Waals surface area (Å²) in [4.78, 5) is 28.4. The summed E-state index contributed by atoms with van der Waals surface area (Å²) in [6.45, 7) is 5.32. The molecule has 0 radical (unpaired) electrons. The maximum atomic E-state index is 12.3. The quantitative estimate of drug-likeness (QED) is 0.700. The van der Waals surface area contributed by atoms with E-state index in [1.54, 1.807) is 39.1 Å². The van der Waals surface area contributed by atoms with E-state index in [4.69, 9.17) is 4.74 Å². The number of aromatic nitrogens is 4. The highest BCUT2D eigenvalue weighted by Crippen LogP contribution is 2.16. The van der Waals surface area contributed by atoms with Crippen molar-refractivity contribution in [3.8, 4) is 5.82 Å². The topological polar surface area (TPSA) is 91.0 Å². The fraction of sp³-hybridized carbons (Fsp3) is 0.263. The van der Waals surface area contributed by atoms with Gasteiger partial charge >= 0.3 is 5.97 Å². The van der Waals surface area contributed by atoms with Gasteiger partial charge < -0.3 is 14.6 Å². The second kappa shape index (κ2) is 7.45. The molecule has 0 aromatic carbocycles. The lowest BCUT2D eigenvalue weighted by atomic mass is 9.98. The van der Waals surface area contributed by atoms with Crippen LogP contribution in [-0.2, 0) is 16.3 Å². The summed E-state index contributed by atoms with van der Waals surface area (Å²) in [7, 11) is 0. The third kappa shape index (κ3) is 4.60. The van der Waals surface area contributed by atoms with Crippen LogP contribution in [0, 0.1) is 5.41 Å². The van der Waals surface area contributed by atoms with Gasteiger partial charge in [-0.1, -0.05) is 0 Å². The van der Waals surface area contributed by atoms with Crippen molar-refractivity contribution in [2.75, 3.05) is 5.32 Å². The Morgan fingerprint density at radius 1 is 1.15 bits per heavy atom. The highest BCUT2D eigenvalue weighted by Gasteiger charge is 2.23. The van der Waals surface area contributed by atoms with Gasteiger partial charge in [0.15, 0.2) is 6.73 Å². The standard InChI is InChI=1S/C19H21N5O3/c1-19(2,3)18(26)27-13-24-12-15(11-21-24)22-17(25)14-6-7-16(20-10-14)23-8-4-5-9-23/h4-12H,13H2,1-3H3,(H,22,25). The predicted molar refractivity (Wildman–Crippen MR) is 99.3 cm³/mol. The van der Waals surface area contributed by atoms with Gasteiger partial charge in [-0.15, -0.1) is 0 Å². The molecule has 0 atom stereocenters. The fourth-order valence-electron chi connectivity index (χ4n) is 2.20. The van der Waals surface area contributed by atoms with Gasteiger partial charge in [0.1, 0.15) is 5.82 Å². The maximum Gasteiger partial charge on any atom is 0.313 e. The smallest absolute Gasteiger partial charge is 0.313 e. The number of rotatable bonds is 5. The Bertz CT molecular complexity index is 921. The summed E-state index contributed by atoms with van der Waals surface area (Å²) in [5, 5.41) is 6.81. The summed E-state index contributed by atoms with van der Waals surface area (Å²) < 4.78 is 8.47. The number of carbonyl (C=O) groups is 2. The van der Waals surface area contributed by atoms with E-state index in [0.29, 0.717) is 11.3 Å². The van der Waals surface area contributed by atoms with Crippen molar-refractivity contribution in [1.82, 2.24) is 19.3 Å². The highest BCUT2D eigenvalue weighted by atomic mass is 16.5. The minimum Gasteiger partial charge on any atom is -0.442 e. The third-order valence-corrected chi connectivity index (χ3v) is 3.71. The van der Waals surface area contributed by atoms with Crippen LogP contribution in [0.25, 0.3) is 5.82 Å². The zero-order valence-electron chi connectivity index (χ0n) is 15.4. The molecule has 140 valence electrons. The van der Waals surface area contributed by atoms with Crippen LogP contribution in [0.15, 0.2) is 55.2 Å². The van der Waals surface area contributed by atoms with Crippen LogP contribution in [-0.4, -0.2) is 31.2 Å². The number of hydrogen-bond donors (Lipinski definition) is 1. The molecule has 8 heteroatoms. The Labute approximate surface area is 156 Å². The van der Waals surface area contributed by atoms with Gasteiger partial charge in [-0.05, 0) is 45.0 Å². The Hall–Kier alpha value is -3.42. The van der Waals surface area contributed by atoms with Crippen LogP contribution in [0.2, 0.25) is 0 Å². The first-order valence-corrected chi connectivity index (χ1v) is 8.43. The lowest BCUT2D eigenvalue weighted by Crippen LogP contribution is -2.24. The Morgan fingerprint density at radius 3 is 2.52 bits per heavy atom. The molecule has 0 unspecified atom stereocenters. The van der Waals surface area contributed by atoms with E-state index in [2.05, 4.69) is 15.4 Å². The van der Waals surface area contributed by atoms with Crippen molar-refractivity contribution < 1.29 is 14.3 Å². The first-order chi connectivity index (χ1) is 12.8. The molecule has 0 bridgehead atoms. The van der Waals surface area contributed by atoms with Crippen molar-refractivity contribution in [2.24, 2.45) is 5.41 Å². The van der Waals surface area contributed by atoms with Gasteiger partial charge in [-0.25, -0.2) is 9.67 Å². The summed E-state index contributed by atoms with van der Waals surface area (Å²) >= 11 is 0. The molecule has 1 amide bonds. The van der Waals surface area contributed by atoms with Crippen molar-refractivity contribution >= 4 is 17.6 Å². The lowest BCUT2D eigenvalue weighted by molar-refractivity contribution is -0.157. The minimum atomic E-state index is -0.579. The van der Waals surface area contributed by atoms with Crippen molar-refractivity contribution in [2.45, 2.75) is 27.5 Å². The zero-order valence-corrected chi connectivity index (χ0v) is 15.4. The number of carbonyl (C=O) groups excluding carboxylic acids is 2. The molecule has 27 heavy (non-hydrogen) atoms. The van der Waals surface area contributed by atoms with E-state index in [0.717, 1.165) is 5.82 Å². The number of nitrogens with one attached hydrogen (secondary N) is 1. The SMILES string of the molecule is CC(C)(C)C(=O)OCn1cc(NC(=O)c2ccc(-n3cccc3)nc2)cn1. The molecule has 8 nitrogen and oxygen atoms in total. The Balaban J connectivity index is 1.58. The van der Waals surface area contributed by atoms with Crippen molar-refractivity contribution in [1.29, 1.82) is 0 Å². The lowest BCUT2D eigenvalue weighted by Gasteiger charge is -2.16. The van der Waals surface area contributed by atoms with Crippen LogP contribution < -0.4 is 5.32 Å². The second-order valence-corrected chi connectivity index (χ2v) is 7.03. The number of ether oxygens (including phenoxy) is 1. The number of pyridine rings is 1. The van der Waals surface area contributed by atoms with E-state index in [-0.39, 0.29) is 18.6 Å². The average molecular weight is 367 g/mol. The molecular formula is C19H21N5O3. The van der Waals surface area contributed by atoms with Crippen LogP contribution >= 0.6 is 0 Å². The Morgan fingerprint density at radius 2 is 1.89 bits per heavy atom. The van der Waals surface area contributed by atoms with Crippen LogP contribution in [0.1, 0.15) is 31.1 Å². The first kappa shape index (κ1) is 18.4. The summed E-state index contributed by atoms with van der Waals surface area (Å²) in [5.41, 5.74) is 0.350. The molecular weight excluding hydrogens is 346 g/mol. The zero-order chi connectivity index (χ0) is 19.4. The summed E-state index contributed by atoms with van der Waals surface area (Å²) in [6.07, 6.45) is 8.35. The maximum absolute atomic E-state index is 12.3. The number of amides is 1. The molecule has 1 N–H and O–H groups in total. The molecule has 0 fully saturated rings. The minimum absolute atomic E-state index is 0.0148. The second-order valence-electron chi connectivity index (χ2n) is 7.03. The van der Waals surface area contributed by atoms with E-state index in [9.17, 15) is 9.59 Å². The number of hydrogen-bond acceptors (Lipinski definition) is 5. The molecule has 0 saturated heterocycles. The number of anilines is 1. The number of esters is 1. The molecule has 0 aliphatic heterocycles. The average Bonchev–Trinajstić information content (AvgIpc) is 3.31. The molecule has 0 spiro atoms. The first-order valence-electron chi connectivity index (χ1n) is 8.43. The molecule has 0 aliphatic carbocycles. The highest BCUT2D eigenvalue weighted by molar-refractivity contribution is 6.03. The van der Waals surface area contributed by atoms with E-state index in [1.807, 2.05) is 29.1 Å². The van der Waals surface area contributed by atoms with E-state index >= 15 is 0 Å². The third-order valence-electron chi connectivity index (χ3n) is 3.71. The molecule has 0 aliphatic rings. The van der Waals surface area contributed by atoms with Gasteiger partial charge in [0.25, 0.3) is 5.91 Å². The van der Waals surface area contributed by atoms with Gasteiger partial charge in [-0.3, -0.25) is 9.59 Å². The molecule has 3 rings (SSSR count). The monoisotopic (exact) mass is 367 g/mol. The predicted octanol–water partition coefficient (Wildman–Crippen LogP) is 2.87. The van der Waals surface area contributed by atoms with Gasteiger partial charge in [0, 0.05) is 18.6 Å². The number of nitrogens with zero attached hydrogens (tertiary/aromatic N) is 4.